The number of carbonyl (C=O) groups is 1. The Hall–Kier alpha value is -4.04. The summed E-state index contributed by atoms with van der Waals surface area (Å²) < 4.78 is 6.53. The topological polar surface area (TPSA) is 101 Å². The van der Waals surface area contributed by atoms with Crippen molar-refractivity contribution >= 4 is 28.3 Å². The zero-order valence-corrected chi connectivity index (χ0v) is 22.4. The highest BCUT2D eigenvalue weighted by Crippen LogP contribution is 2.41. The summed E-state index contributed by atoms with van der Waals surface area (Å²) in [4.78, 5) is 26.5. The zero-order chi connectivity index (χ0) is 26.8. The fourth-order valence-electron chi connectivity index (χ4n) is 5.31. The van der Waals surface area contributed by atoms with Gasteiger partial charge >= 0.3 is 0 Å². The van der Waals surface area contributed by atoms with E-state index in [-0.39, 0.29) is 5.91 Å². The number of aryl methyl sites for hydroxylation is 1. The largest absolute Gasteiger partial charge is 0.437 e. The van der Waals surface area contributed by atoms with Crippen LogP contribution in [0.1, 0.15) is 38.2 Å². The van der Waals surface area contributed by atoms with E-state index >= 15 is 0 Å². The van der Waals surface area contributed by atoms with Gasteiger partial charge in [-0.1, -0.05) is 31.2 Å². The van der Waals surface area contributed by atoms with E-state index in [1.165, 1.54) is 0 Å². The van der Waals surface area contributed by atoms with Crippen LogP contribution in [0.25, 0.3) is 22.0 Å². The lowest BCUT2D eigenvalue weighted by Gasteiger charge is -2.23. The second-order valence-corrected chi connectivity index (χ2v) is 10.7. The highest BCUT2D eigenvalue weighted by Gasteiger charge is 2.34. The third-order valence-corrected chi connectivity index (χ3v) is 7.74. The molecule has 1 amide bonds. The zero-order valence-electron chi connectivity index (χ0n) is 22.4. The number of piperidine rings is 1. The molecule has 4 aromatic rings. The van der Waals surface area contributed by atoms with Gasteiger partial charge in [0, 0.05) is 47.9 Å². The number of aromatic nitrogens is 3. The first kappa shape index (κ1) is 25.2. The Morgan fingerprint density at radius 1 is 1.08 bits per heavy atom. The minimum Gasteiger partial charge on any atom is -0.437 e. The number of carbonyl (C=O) groups excluding carboxylic acids is 1. The molecule has 2 fully saturated rings. The fraction of sp³-hybridized carbons (Fsp3) is 0.355. The summed E-state index contributed by atoms with van der Waals surface area (Å²) in [6, 6.07) is 16.0. The van der Waals surface area contributed by atoms with E-state index in [4.69, 9.17) is 9.72 Å². The van der Waals surface area contributed by atoms with Crippen LogP contribution in [0.2, 0.25) is 0 Å². The molecule has 1 saturated carbocycles. The van der Waals surface area contributed by atoms with Gasteiger partial charge in [-0.05, 0) is 74.4 Å². The quantitative estimate of drug-likeness (QED) is 0.263. The molecule has 1 aliphatic carbocycles. The highest BCUT2D eigenvalue weighted by atomic mass is 16.5. The van der Waals surface area contributed by atoms with E-state index in [0.717, 1.165) is 65.6 Å². The van der Waals surface area contributed by atoms with Crippen molar-refractivity contribution in [2.75, 3.05) is 23.7 Å². The predicted molar refractivity (Wildman–Crippen MR) is 154 cm³/mol. The van der Waals surface area contributed by atoms with Crippen molar-refractivity contribution < 1.29 is 9.53 Å². The van der Waals surface area contributed by atoms with Crippen LogP contribution in [0.3, 0.4) is 0 Å². The summed E-state index contributed by atoms with van der Waals surface area (Å²) in [5.74, 6) is 2.97. The Bertz CT molecular complexity index is 1500. The first-order valence-corrected chi connectivity index (χ1v) is 13.8. The van der Waals surface area contributed by atoms with Crippen LogP contribution in [0.5, 0.6) is 11.6 Å². The molecule has 8 nitrogen and oxygen atoms in total. The minimum atomic E-state index is 0.0593. The third kappa shape index (κ3) is 5.71. The Morgan fingerprint density at radius 2 is 1.97 bits per heavy atom. The molecule has 6 rings (SSSR count). The summed E-state index contributed by atoms with van der Waals surface area (Å²) in [5.41, 5.74) is 3.29. The SMILES string of the molecule is Cc1ccc2c(NC(=O)C[C@@H]3C[C@@H]3C)cccc2c1Oc1ncccc1-c1ccnc(N[C@H]2CCCNC2)n1. The summed E-state index contributed by atoms with van der Waals surface area (Å²) in [5, 5.41) is 11.8. The lowest BCUT2D eigenvalue weighted by atomic mass is 10.0. The van der Waals surface area contributed by atoms with Crippen molar-refractivity contribution in [1.29, 1.82) is 0 Å². The molecule has 3 N–H and O–H groups in total. The number of amides is 1. The van der Waals surface area contributed by atoms with Gasteiger partial charge in [-0.3, -0.25) is 4.79 Å². The molecule has 3 heterocycles. The second kappa shape index (κ2) is 11.0. The van der Waals surface area contributed by atoms with Gasteiger partial charge in [0.25, 0.3) is 0 Å². The Morgan fingerprint density at radius 3 is 2.79 bits per heavy atom. The molecule has 3 atom stereocenters. The predicted octanol–water partition coefficient (Wildman–Crippen LogP) is 5.94. The van der Waals surface area contributed by atoms with Crippen molar-refractivity contribution in [3.05, 3.63) is 66.5 Å². The molecule has 2 aromatic carbocycles. The van der Waals surface area contributed by atoms with Gasteiger partial charge in [-0.2, -0.15) is 0 Å². The number of hydrogen-bond donors (Lipinski definition) is 3. The molecule has 2 aromatic heterocycles. The normalized spacial score (nSPS) is 20.4. The average molecular weight is 523 g/mol. The van der Waals surface area contributed by atoms with Gasteiger partial charge in [0.1, 0.15) is 5.75 Å². The molecule has 0 radical (unpaired) electrons. The molecule has 200 valence electrons. The van der Waals surface area contributed by atoms with E-state index in [1.54, 1.807) is 12.4 Å². The van der Waals surface area contributed by atoms with Gasteiger partial charge in [-0.15, -0.1) is 0 Å². The maximum atomic E-state index is 12.7. The molecular weight excluding hydrogens is 488 g/mol. The number of benzene rings is 2. The Kier molecular flexibility index (Phi) is 7.11. The van der Waals surface area contributed by atoms with Crippen molar-refractivity contribution in [2.45, 2.75) is 45.6 Å². The van der Waals surface area contributed by atoms with Crippen LogP contribution >= 0.6 is 0 Å². The molecule has 0 spiro atoms. The average Bonchev–Trinajstić information content (AvgIpc) is 3.65. The molecule has 0 bridgehead atoms. The molecular formula is C31H34N6O2. The maximum Gasteiger partial charge on any atom is 0.228 e. The summed E-state index contributed by atoms with van der Waals surface area (Å²) >= 11 is 0. The van der Waals surface area contributed by atoms with Crippen molar-refractivity contribution in [3.8, 4) is 22.9 Å². The van der Waals surface area contributed by atoms with Gasteiger partial charge in [-0.25, -0.2) is 15.0 Å². The fourth-order valence-corrected chi connectivity index (χ4v) is 5.31. The van der Waals surface area contributed by atoms with E-state index in [2.05, 4.69) is 32.8 Å². The number of fused-ring (bicyclic) bond motifs is 1. The third-order valence-electron chi connectivity index (χ3n) is 7.74. The Labute approximate surface area is 228 Å². The van der Waals surface area contributed by atoms with Gasteiger partial charge < -0.3 is 20.7 Å². The second-order valence-electron chi connectivity index (χ2n) is 10.7. The van der Waals surface area contributed by atoms with Crippen LogP contribution in [-0.4, -0.2) is 40.0 Å². The first-order valence-electron chi connectivity index (χ1n) is 13.8. The lowest BCUT2D eigenvalue weighted by Crippen LogP contribution is -2.38. The van der Waals surface area contributed by atoms with Crippen LogP contribution in [0.4, 0.5) is 11.6 Å². The molecule has 0 unspecified atom stereocenters. The van der Waals surface area contributed by atoms with Gasteiger partial charge in [0.05, 0.1) is 11.3 Å². The first-order chi connectivity index (χ1) is 19.0. The number of anilines is 2. The highest BCUT2D eigenvalue weighted by molar-refractivity contribution is 6.04. The van der Waals surface area contributed by atoms with E-state index in [1.807, 2.05) is 55.5 Å². The smallest absolute Gasteiger partial charge is 0.228 e. The van der Waals surface area contributed by atoms with Crippen LogP contribution in [-0.2, 0) is 4.79 Å². The monoisotopic (exact) mass is 522 g/mol. The van der Waals surface area contributed by atoms with Crippen molar-refractivity contribution in [2.24, 2.45) is 11.8 Å². The molecule has 1 aliphatic heterocycles. The number of nitrogens with one attached hydrogen (secondary N) is 3. The van der Waals surface area contributed by atoms with Crippen LogP contribution in [0.15, 0.2) is 60.9 Å². The summed E-state index contributed by atoms with van der Waals surface area (Å²) in [7, 11) is 0. The Balaban J connectivity index is 1.29. The molecule has 8 heteroatoms. The van der Waals surface area contributed by atoms with Gasteiger partial charge in [0.15, 0.2) is 0 Å². The standard InChI is InChI=1S/C31H34N6O2/c1-19-10-11-23-24(7-3-9-26(23)36-28(38)17-21-16-20(21)2)29(19)39-30-25(8-5-14-33-30)27-12-15-34-31(37-27)35-22-6-4-13-32-18-22/h3,5,7-12,14-15,20-22,32H,4,6,13,16-18H2,1-2H3,(H,36,38)(H,34,35,37)/t20-,21-,22-/m0/s1. The van der Waals surface area contributed by atoms with E-state index in [0.29, 0.717) is 41.9 Å². The van der Waals surface area contributed by atoms with Crippen molar-refractivity contribution in [3.63, 3.8) is 0 Å². The van der Waals surface area contributed by atoms with Crippen LogP contribution < -0.4 is 20.7 Å². The number of ether oxygens (including phenoxy) is 1. The van der Waals surface area contributed by atoms with Gasteiger partial charge in [0.2, 0.25) is 17.7 Å². The van der Waals surface area contributed by atoms with Crippen LogP contribution in [0, 0.1) is 18.8 Å². The molecule has 2 aliphatic rings. The number of rotatable bonds is 8. The number of hydrogen-bond acceptors (Lipinski definition) is 7. The lowest BCUT2D eigenvalue weighted by molar-refractivity contribution is -0.116. The molecule has 1 saturated heterocycles. The maximum absolute atomic E-state index is 12.7. The van der Waals surface area contributed by atoms with E-state index < -0.39 is 0 Å². The van der Waals surface area contributed by atoms with E-state index in [9.17, 15) is 4.79 Å². The summed E-state index contributed by atoms with van der Waals surface area (Å²) in [6.07, 6.45) is 7.40. The van der Waals surface area contributed by atoms with Crippen molar-refractivity contribution in [1.82, 2.24) is 20.3 Å². The molecule has 39 heavy (non-hydrogen) atoms. The minimum absolute atomic E-state index is 0.0593. The summed E-state index contributed by atoms with van der Waals surface area (Å²) in [6.45, 7) is 6.16. The number of nitrogens with zero attached hydrogens (tertiary/aromatic N) is 3. The number of pyridine rings is 1.